The van der Waals surface area contributed by atoms with Gasteiger partial charge >= 0.3 is 0 Å². The van der Waals surface area contributed by atoms with E-state index < -0.39 is 0 Å². The molecule has 0 bridgehead atoms. The molecule has 0 radical (unpaired) electrons. The highest BCUT2D eigenvalue weighted by Crippen LogP contribution is 2.53. The SMILES string of the molecule is CC1(C)Cc2nnc(C3(c4ccc(Br)cc4)CC3)n2CCS1. The molecule has 116 valence electrons. The molecular formula is C17H20BrN3S. The van der Waals surface area contributed by atoms with Crippen LogP contribution in [-0.2, 0) is 18.4 Å². The third-order valence-electron chi connectivity index (χ3n) is 4.79. The average molecular weight is 378 g/mol. The summed E-state index contributed by atoms with van der Waals surface area (Å²) in [6.07, 6.45) is 3.37. The molecule has 22 heavy (non-hydrogen) atoms. The second-order valence-electron chi connectivity index (χ2n) is 6.97. The Morgan fingerprint density at radius 1 is 1.14 bits per heavy atom. The fourth-order valence-electron chi connectivity index (χ4n) is 3.44. The predicted molar refractivity (Wildman–Crippen MR) is 94.4 cm³/mol. The minimum Gasteiger partial charge on any atom is -0.313 e. The molecule has 0 N–H and O–H groups in total. The van der Waals surface area contributed by atoms with Crippen LogP contribution < -0.4 is 0 Å². The maximum Gasteiger partial charge on any atom is 0.143 e. The van der Waals surface area contributed by atoms with Crippen LogP contribution in [0.2, 0.25) is 0 Å². The van der Waals surface area contributed by atoms with Crippen LogP contribution in [0.15, 0.2) is 28.7 Å². The Labute approximate surface area is 144 Å². The van der Waals surface area contributed by atoms with Crippen molar-refractivity contribution in [1.29, 1.82) is 0 Å². The van der Waals surface area contributed by atoms with Crippen molar-refractivity contribution in [2.45, 2.75) is 49.8 Å². The molecule has 0 atom stereocenters. The first-order valence-electron chi connectivity index (χ1n) is 7.83. The third kappa shape index (κ3) is 2.42. The summed E-state index contributed by atoms with van der Waals surface area (Å²) in [5.41, 5.74) is 1.48. The molecule has 1 aromatic carbocycles. The van der Waals surface area contributed by atoms with Gasteiger partial charge in [-0.15, -0.1) is 10.2 Å². The average Bonchev–Trinajstić information content (AvgIpc) is 3.21. The number of fused-ring (bicyclic) bond motifs is 1. The fourth-order valence-corrected chi connectivity index (χ4v) is 4.76. The Morgan fingerprint density at radius 3 is 2.55 bits per heavy atom. The summed E-state index contributed by atoms with van der Waals surface area (Å²) in [6, 6.07) is 8.73. The van der Waals surface area contributed by atoms with Crippen molar-refractivity contribution in [3.8, 4) is 0 Å². The molecule has 1 aliphatic carbocycles. The Morgan fingerprint density at radius 2 is 1.86 bits per heavy atom. The lowest BCUT2D eigenvalue weighted by Crippen LogP contribution is -2.19. The van der Waals surface area contributed by atoms with Crippen LogP contribution in [0.25, 0.3) is 0 Å². The lowest BCUT2D eigenvalue weighted by atomic mass is 9.95. The summed E-state index contributed by atoms with van der Waals surface area (Å²) in [6.45, 7) is 5.65. The topological polar surface area (TPSA) is 30.7 Å². The van der Waals surface area contributed by atoms with Crippen molar-refractivity contribution >= 4 is 27.7 Å². The summed E-state index contributed by atoms with van der Waals surface area (Å²) >= 11 is 5.57. The van der Waals surface area contributed by atoms with Crippen LogP contribution in [0.4, 0.5) is 0 Å². The van der Waals surface area contributed by atoms with Gasteiger partial charge in [0, 0.05) is 27.9 Å². The highest BCUT2D eigenvalue weighted by atomic mass is 79.9. The standard InChI is InChI=1S/C17H20BrN3S/c1-16(2)11-14-19-20-15(21(14)9-10-22-16)17(7-8-17)12-3-5-13(18)6-4-12/h3-6H,7-11H2,1-2H3. The van der Waals surface area contributed by atoms with Gasteiger partial charge in [0.1, 0.15) is 11.6 Å². The molecule has 0 unspecified atom stereocenters. The highest BCUT2D eigenvalue weighted by molar-refractivity contribution is 9.10. The Hall–Kier alpha value is -0.810. The predicted octanol–water partition coefficient (Wildman–Crippen LogP) is 4.19. The van der Waals surface area contributed by atoms with E-state index in [9.17, 15) is 0 Å². The smallest absolute Gasteiger partial charge is 0.143 e. The fraction of sp³-hybridized carbons (Fsp3) is 0.529. The molecule has 0 amide bonds. The zero-order valence-electron chi connectivity index (χ0n) is 13.0. The lowest BCUT2D eigenvalue weighted by molar-refractivity contribution is 0.607. The maximum absolute atomic E-state index is 4.63. The summed E-state index contributed by atoms with van der Waals surface area (Å²) in [5, 5.41) is 9.18. The molecule has 1 saturated carbocycles. The molecule has 1 aliphatic heterocycles. The van der Waals surface area contributed by atoms with Crippen molar-refractivity contribution in [3.63, 3.8) is 0 Å². The van der Waals surface area contributed by atoms with E-state index in [0.717, 1.165) is 29.0 Å². The van der Waals surface area contributed by atoms with E-state index in [1.807, 2.05) is 11.8 Å². The summed E-state index contributed by atoms with van der Waals surface area (Å²) in [5.74, 6) is 3.48. The Bertz CT molecular complexity index is 701. The molecule has 1 fully saturated rings. The first-order valence-corrected chi connectivity index (χ1v) is 9.61. The summed E-state index contributed by atoms with van der Waals surface area (Å²) in [7, 11) is 0. The van der Waals surface area contributed by atoms with Gasteiger partial charge in [0.2, 0.25) is 0 Å². The normalized spacial score (nSPS) is 22.0. The number of nitrogens with zero attached hydrogens (tertiary/aromatic N) is 3. The quantitative estimate of drug-likeness (QED) is 0.785. The molecule has 4 rings (SSSR count). The first-order chi connectivity index (χ1) is 10.5. The van der Waals surface area contributed by atoms with Crippen molar-refractivity contribution < 1.29 is 0 Å². The molecule has 2 aromatic rings. The van der Waals surface area contributed by atoms with E-state index in [2.05, 4.69) is 68.8 Å². The van der Waals surface area contributed by atoms with Gasteiger partial charge in [-0.2, -0.15) is 11.8 Å². The number of thioether (sulfide) groups is 1. The van der Waals surface area contributed by atoms with Gasteiger partial charge in [-0.1, -0.05) is 41.9 Å². The molecule has 3 nitrogen and oxygen atoms in total. The van der Waals surface area contributed by atoms with E-state index in [1.54, 1.807) is 0 Å². The maximum atomic E-state index is 4.63. The molecule has 2 aliphatic rings. The molecule has 5 heteroatoms. The number of aromatic nitrogens is 3. The van der Waals surface area contributed by atoms with Crippen LogP contribution in [0.3, 0.4) is 0 Å². The van der Waals surface area contributed by atoms with Gasteiger partial charge in [-0.25, -0.2) is 0 Å². The second kappa shape index (κ2) is 5.10. The lowest BCUT2D eigenvalue weighted by Gasteiger charge is -2.19. The van der Waals surface area contributed by atoms with Crippen LogP contribution in [0.1, 0.15) is 43.9 Å². The van der Waals surface area contributed by atoms with Gasteiger partial charge in [0.05, 0.1) is 5.41 Å². The van der Waals surface area contributed by atoms with Crippen molar-refractivity contribution in [3.05, 3.63) is 46.0 Å². The van der Waals surface area contributed by atoms with E-state index in [-0.39, 0.29) is 10.2 Å². The van der Waals surface area contributed by atoms with E-state index >= 15 is 0 Å². The van der Waals surface area contributed by atoms with Crippen molar-refractivity contribution in [1.82, 2.24) is 14.8 Å². The van der Waals surface area contributed by atoms with Crippen LogP contribution >= 0.6 is 27.7 Å². The summed E-state index contributed by atoms with van der Waals surface area (Å²) < 4.78 is 3.79. The number of hydrogen-bond acceptors (Lipinski definition) is 3. The zero-order chi connectivity index (χ0) is 15.4. The van der Waals surface area contributed by atoms with Gasteiger partial charge in [0.25, 0.3) is 0 Å². The molecule has 2 heterocycles. The Balaban J connectivity index is 1.75. The van der Waals surface area contributed by atoms with Crippen LogP contribution in [0, 0.1) is 0 Å². The minimum absolute atomic E-state index is 0.102. The number of halogens is 1. The Kier molecular flexibility index (Phi) is 3.42. The van der Waals surface area contributed by atoms with Crippen molar-refractivity contribution in [2.75, 3.05) is 5.75 Å². The number of rotatable bonds is 2. The van der Waals surface area contributed by atoms with E-state index in [4.69, 9.17) is 0 Å². The summed E-state index contributed by atoms with van der Waals surface area (Å²) in [4.78, 5) is 0. The van der Waals surface area contributed by atoms with Crippen LogP contribution in [0.5, 0.6) is 0 Å². The van der Waals surface area contributed by atoms with E-state index in [0.29, 0.717) is 0 Å². The zero-order valence-corrected chi connectivity index (χ0v) is 15.4. The second-order valence-corrected chi connectivity index (χ2v) is 9.68. The first kappa shape index (κ1) is 14.8. The number of hydrogen-bond donors (Lipinski definition) is 0. The van der Waals surface area contributed by atoms with Gasteiger partial charge in [0.15, 0.2) is 0 Å². The minimum atomic E-state index is 0.102. The monoisotopic (exact) mass is 377 g/mol. The molecular weight excluding hydrogens is 358 g/mol. The molecule has 1 aromatic heterocycles. The largest absolute Gasteiger partial charge is 0.313 e. The van der Waals surface area contributed by atoms with Gasteiger partial charge in [-0.05, 0) is 30.5 Å². The number of benzene rings is 1. The molecule has 0 saturated heterocycles. The highest BCUT2D eigenvalue weighted by Gasteiger charge is 2.50. The third-order valence-corrected chi connectivity index (χ3v) is 6.63. The molecule has 0 spiro atoms. The van der Waals surface area contributed by atoms with Gasteiger partial charge in [-0.3, -0.25) is 0 Å². The van der Waals surface area contributed by atoms with Crippen LogP contribution in [-0.4, -0.2) is 25.3 Å². The van der Waals surface area contributed by atoms with Gasteiger partial charge < -0.3 is 4.57 Å². The van der Waals surface area contributed by atoms with E-state index in [1.165, 1.54) is 24.2 Å². The van der Waals surface area contributed by atoms with Crippen molar-refractivity contribution in [2.24, 2.45) is 0 Å².